The van der Waals surface area contributed by atoms with E-state index >= 15 is 0 Å². The van der Waals surface area contributed by atoms with E-state index in [1.165, 1.54) is 0 Å². The molecule has 0 fully saturated rings. The maximum Gasteiger partial charge on any atom is 0.243 e. The summed E-state index contributed by atoms with van der Waals surface area (Å²) in [6, 6.07) is 0. The van der Waals surface area contributed by atoms with Crippen molar-refractivity contribution in [3.63, 3.8) is 0 Å². The van der Waals surface area contributed by atoms with Crippen molar-refractivity contribution in [2.24, 2.45) is 0 Å². The molecule has 0 aliphatic carbocycles. The van der Waals surface area contributed by atoms with E-state index in [1.807, 2.05) is 19.0 Å². The summed E-state index contributed by atoms with van der Waals surface area (Å²) < 4.78 is 5.86. The molecular weight excluding hydrogens is 588 g/mol. The number of rotatable bonds is 7. The second-order valence-corrected chi connectivity index (χ2v) is 8.93. The molecule has 10 heteroatoms. The molecule has 138 valence electrons. The number of unbranched alkanes of at least 4 members (excludes halogenated alkanes) is 2. The van der Waals surface area contributed by atoms with Crippen LogP contribution in [0.1, 0.15) is 25.7 Å². The Morgan fingerprint density at radius 1 is 1.08 bits per heavy atom. The summed E-state index contributed by atoms with van der Waals surface area (Å²) in [5.41, 5.74) is 3.55. The fourth-order valence-electron chi connectivity index (χ4n) is 2.56. The van der Waals surface area contributed by atoms with Crippen molar-refractivity contribution in [1.82, 2.24) is 15.0 Å². The molecular formula is C15H18Br4N4O2. The summed E-state index contributed by atoms with van der Waals surface area (Å²) in [4.78, 5) is 17.8. The Morgan fingerprint density at radius 2 is 1.72 bits per heavy atom. The Hall–Kier alpha value is -0.160. The summed E-state index contributed by atoms with van der Waals surface area (Å²) in [6.45, 7) is 0.782. The van der Waals surface area contributed by atoms with Crippen molar-refractivity contribution in [1.29, 1.82) is 0 Å². The molecule has 2 N–H and O–H groups in total. The van der Waals surface area contributed by atoms with Gasteiger partial charge in [-0.05, 0) is 76.6 Å². The first-order valence-corrected chi connectivity index (χ1v) is 10.8. The van der Waals surface area contributed by atoms with Crippen molar-refractivity contribution in [2.45, 2.75) is 32.2 Å². The molecule has 0 atom stereocenters. The van der Waals surface area contributed by atoms with Crippen LogP contribution in [0.2, 0.25) is 0 Å². The first kappa shape index (κ1) is 21.1. The van der Waals surface area contributed by atoms with Crippen LogP contribution in [0.5, 0.6) is 0 Å². The number of aromatic nitrogens is 2. The van der Waals surface area contributed by atoms with Gasteiger partial charge in [0.1, 0.15) is 5.52 Å². The molecule has 1 heterocycles. The van der Waals surface area contributed by atoms with Gasteiger partial charge in [0.2, 0.25) is 11.9 Å². The number of halogens is 4. The van der Waals surface area contributed by atoms with Gasteiger partial charge in [0.05, 0.1) is 14.5 Å². The van der Waals surface area contributed by atoms with Gasteiger partial charge in [0.25, 0.3) is 0 Å². The van der Waals surface area contributed by atoms with Gasteiger partial charge in [-0.25, -0.2) is 10.5 Å². The number of hydroxylamine groups is 1. The van der Waals surface area contributed by atoms with Crippen LogP contribution in [0.3, 0.4) is 0 Å². The van der Waals surface area contributed by atoms with Crippen molar-refractivity contribution >= 4 is 86.6 Å². The molecule has 0 spiro atoms. The average Bonchev–Trinajstić information content (AvgIpc) is 2.97. The number of hydrogen-bond acceptors (Lipinski definition) is 4. The Labute approximate surface area is 179 Å². The highest BCUT2D eigenvalue weighted by Gasteiger charge is 2.21. The van der Waals surface area contributed by atoms with Gasteiger partial charge >= 0.3 is 0 Å². The number of amides is 1. The van der Waals surface area contributed by atoms with Crippen LogP contribution >= 0.6 is 63.7 Å². The van der Waals surface area contributed by atoms with Crippen LogP contribution < -0.4 is 10.4 Å². The summed E-state index contributed by atoms with van der Waals surface area (Å²) in [6.07, 6.45) is 2.85. The number of anilines is 1. The monoisotopic (exact) mass is 602 g/mol. The molecule has 0 saturated heterocycles. The van der Waals surface area contributed by atoms with Crippen molar-refractivity contribution in [3.8, 4) is 0 Å². The lowest BCUT2D eigenvalue weighted by molar-refractivity contribution is -0.129. The zero-order valence-corrected chi connectivity index (χ0v) is 20.1. The number of nitrogens with one attached hydrogen (secondary N) is 1. The van der Waals surface area contributed by atoms with Crippen molar-refractivity contribution < 1.29 is 10.0 Å². The van der Waals surface area contributed by atoms with Gasteiger partial charge in [-0.3, -0.25) is 10.0 Å². The first-order chi connectivity index (χ1) is 11.8. The Kier molecular flexibility index (Phi) is 7.75. The second-order valence-electron chi connectivity index (χ2n) is 5.76. The Morgan fingerprint density at radius 3 is 2.32 bits per heavy atom. The zero-order valence-electron chi connectivity index (χ0n) is 13.7. The highest BCUT2D eigenvalue weighted by Crippen LogP contribution is 2.44. The molecule has 0 bridgehead atoms. The van der Waals surface area contributed by atoms with Crippen LogP contribution in [0, 0.1) is 0 Å². The molecule has 0 saturated carbocycles. The van der Waals surface area contributed by atoms with Crippen LogP contribution in [-0.4, -0.2) is 34.8 Å². The molecule has 25 heavy (non-hydrogen) atoms. The smallest absolute Gasteiger partial charge is 0.243 e. The maximum absolute atomic E-state index is 11.1. The number of imidazole rings is 1. The molecule has 6 nitrogen and oxygen atoms in total. The number of carbonyl (C=O) groups is 1. The molecule has 0 aliphatic heterocycles. The fourth-order valence-corrected chi connectivity index (χ4v) is 4.94. The summed E-state index contributed by atoms with van der Waals surface area (Å²) in [5.74, 6) is 0.525. The van der Waals surface area contributed by atoms with Crippen LogP contribution in [0.4, 0.5) is 5.95 Å². The zero-order chi connectivity index (χ0) is 18.7. The highest BCUT2D eigenvalue weighted by atomic mass is 79.9. The van der Waals surface area contributed by atoms with E-state index < -0.39 is 0 Å². The Bertz CT molecular complexity index is 792. The fraction of sp³-hybridized carbons (Fsp3) is 0.467. The van der Waals surface area contributed by atoms with E-state index in [1.54, 1.807) is 5.48 Å². The van der Waals surface area contributed by atoms with Gasteiger partial charge in [0, 0.05) is 36.0 Å². The minimum absolute atomic E-state index is 0.329. The van der Waals surface area contributed by atoms with E-state index in [0.717, 1.165) is 60.7 Å². The number of carbonyl (C=O) groups excluding carboxylic acids is 1. The molecule has 0 aliphatic rings. The molecule has 1 aromatic heterocycles. The highest BCUT2D eigenvalue weighted by molar-refractivity contribution is 9.15. The normalized spacial score (nSPS) is 11.2. The molecule has 2 aromatic rings. The topological polar surface area (TPSA) is 70.4 Å². The molecule has 0 unspecified atom stereocenters. The van der Waals surface area contributed by atoms with Crippen molar-refractivity contribution in [2.75, 3.05) is 19.0 Å². The molecule has 1 amide bonds. The third-order valence-corrected chi connectivity index (χ3v) is 8.48. The second kappa shape index (κ2) is 9.16. The number of nitrogens with zero attached hydrogens (tertiary/aromatic N) is 3. The Balaban J connectivity index is 2.31. The van der Waals surface area contributed by atoms with Crippen LogP contribution in [0.15, 0.2) is 17.9 Å². The van der Waals surface area contributed by atoms with E-state index in [9.17, 15) is 4.79 Å². The lowest BCUT2D eigenvalue weighted by Gasteiger charge is -2.16. The molecule has 2 rings (SSSR count). The van der Waals surface area contributed by atoms with E-state index in [4.69, 9.17) is 10.2 Å². The van der Waals surface area contributed by atoms with E-state index in [0.29, 0.717) is 6.42 Å². The minimum atomic E-state index is -0.345. The SMILES string of the molecule is CN(C)c1nc2c(Br)c(Br)c(Br)c(Br)c2n1CCCCCC(=O)NO. The largest absolute Gasteiger partial charge is 0.348 e. The first-order valence-electron chi connectivity index (χ1n) is 7.62. The number of hydrogen-bond donors (Lipinski definition) is 2. The third-order valence-electron chi connectivity index (χ3n) is 3.75. The van der Waals surface area contributed by atoms with Gasteiger partial charge in [-0.2, -0.15) is 0 Å². The number of benzene rings is 1. The number of fused-ring (bicyclic) bond motifs is 1. The van der Waals surface area contributed by atoms with Crippen LogP contribution in [-0.2, 0) is 11.3 Å². The standard InChI is InChI=1S/C15H18Br4N4O2/c1-22(2)15-20-13-11(18)9(16)10(17)12(19)14(13)23(15)7-5-3-4-6-8(24)21-25/h25H,3-7H2,1-2H3,(H,21,24). The van der Waals surface area contributed by atoms with Gasteiger partial charge in [-0.1, -0.05) is 6.42 Å². The van der Waals surface area contributed by atoms with Crippen molar-refractivity contribution in [3.05, 3.63) is 17.9 Å². The minimum Gasteiger partial charge on any atom is -0.348 e. The predicted octanol–water partition coefficient (Wildman–Crippen LogP) is 5.22. The lowest BCUT2D eigenvalue weighted by Crippen LogP contribution is -2.18. The van der Waals surface area contributed by atoms with Gasteiger partial charge in [0.15, 0.2) is 0 Å². The average molecular weight is 606 g/mol. The predicted molar refractivity (Wildman–Crippen MR) is 113 cm³/mol. The summed E-state index contributed by atoms with van der Waals surface area (Å²) in [5, 5.41) is 8.53. The van der Waals surface area contributed by atoms with Gasteiger partial charge < -0.3 is 9.47 Å². The van der Waals surface area contributed by atoms with E-state index in [-0.39, 0.29) is 5.91 Å². The third kappa shape index (κ3) is 4.58. The molecule has 0 radical (unpaired) electrons. The molecule has 1 aromatic carbocycles. The lowest BCUT2D eigenvalue weighted by atomic mass is 10.2. The number of aryl methyl sites for hydroxylation is 1. The van der Waals surface area contributed by atoms with Gasteiger partial charge in [-0.15, -0.1) is 0 Å². The summed E-state index contributed by atoms with van der Waals surface area (Å²) in [7, 11) is 3.93. The van der Waals surface area contributed by atoms with E-state index in [2.05, 4.69) is 68.3 Å². The maximum atomic E-state index is 11.1. The summed E-state index contributed by atoms with van der Waals surface area (Å²) >= 11 is 14.5. The van der Waals surface area contributed by atoms with Crippen LogP contribution in [0.25, 0.3) is 11.0 Å². The quantitative estimate of drug-likeness (QED) is 0.149.